The first-order chi connectivity index (χ1) is 9.47. The van der Waals surface area contributed by atoms with Crippen LogP contribution in [0.2, 0.25) is 0 Å². The zero-order valence-electron chi connectivity index (χ0n) is 11.5. The summed E-state index contributed by atoms with van der Waals surface area (Å²) >= 11 is 0. The van der Waals surface area contributed by atoms with Gasteiger partial charge in [-0.15, -0.1) is 0 Å². The molecule has 2 rings (SSSR count). The van der Waals surface area contributed by atoms with Crippen LogP contribution in [0.5, 0.6) is 11.5 Å². The van der Waals surface area contributed by atoms with E-state index >= 15 is 0 Å². The fraction of sp³-hybridized carbons (Fsp3) is 0.188. The van der Waals surface area contributed by atoms with Crippen molar-refractivity contribution in [3.8, 4) is 11.5 Å². The first kappa shape index (κ1) is 13.9. The summed E-state index contributed by atoms with van der Waals surface area (Å²) in [5, 5.41) is 18.9. The molecule has 0 aliphatic carbocycles. The van der Waals surface area contributed by atoms with E-state index in [4.69, 9.17) is 0 Å². The predicted molar refractivity (Wildman–Crippen MR) is 76.7 cm³/mol. The fourth-order valence-electron chi connectivity index (χ4n) is 2.05. The lowest BCUT2D eigenvalue weighted by molar-refractivity contribution is 0.0784. The second-order valence-electron chi connectivity index (χ2n) is 4.83. The summed E-state index contributed by atoms with van der Waals surface area (Å²) < 4.78 is 0. The van der Waals surface area contributed by atoms with Crippen molar-refractivity contribution in [1.82, 2.24) is 4.90 Å². The molecule has 0 aliphatic rings. The third kappa shape index (κ3) is 3.09. The molecule has 0 radical (unpaired) electrons. The molecule has 0 atom stereocenters. The van der Waals surface area contributed by atoms with Crippen LogP contribution in [0.25, 0.3) is 0 Å². The van der Waals surface area contributed by atoms with Gasteiger partial charge < -0.3 is 15.1 Å². The van der Waals surface area contributed by atoms with Crippen LogP contribution in [0.1, 0.15) is 21.5 Å². The van der Waals surface area contributed by atoms with Crippen molar-refractivity contribution in [1.29, 1.82) is 0 Å². The highest BCUT2D eigenvalue weighted by Crippen LogP contribution is 2.19. The van der Waals surface area contributed by atoms with Crippen molar-refractivity contribution >= 4 is 5.91 Å². The van der Waals surface area contributed by atoms with Crippen LogP contribution in [0.4, 0.5) is 0 Å². The van der Waals surface area contributed by atoms with E-state index in [-0.39, 0.29) is 17.4 Å². The molecule has 2 aromatic carbocycles. The Morgan fingerprint density at radius 3 is 2.50 bits per heavy atom. The number of phenolic OH excluding ortho intramolecular Hbond substituents is 2. The minimum Gasteiger partial charge on any atom is -0.508 e. The van der Waals surface area contributed by atoms with Gasteiger partial charge in [0.05, 0.1) is 0 Å². The van der Waals surface area contributed by atoms with Gasteiger partial charge in [-0.3, -0.25) is 4.79 Å². The van der Waals surface area contributed by atoms with Gasteiger partial charge in [0.2, 0.25) is 0 Å². The Bertz CT molecular complexity index is 637. The number of carbonyl (C=O) groups excluding carboxylic acids is 1. The Morgan fingerprint density at radius 2 is 1.80 bits per heavy atom. The van der Waals surface area contributed by atoms with E-state index in [1.165, 1.54) is 6.07 Å². The molecule has 0 fully saturated rings. The van der Waals surface area contributed by atoms with Crippen LogP contribution in [0, 0.1) is 6.92 Å². The van der Waals surface area contributed by atoms with Crippen molar-refractivity contribution < 1.29 is 15.0 Å². The molecule has 0 aliphatic heterocycles. The predicted octanol–water partition coefficient (Wildman–Crippen LogP) is 2.68. The second kappa shape index (κ2) is 5.65. The summed E-state index contributed by atoms with van der Waals surface area (Å²) in [5.41, 5.74) is 2.14. The van der Waals surface area contributed by atoms with Crippen LogP contribution >= 0.6 is 0 Å². The lowest BCUT2D eigenvalue weighted by Crippen LogP contribution is -2.26. The zero-order chi connectivity index (χ0) is 14.7. The molecule has 0 bridgehead atoms. The highest BCUT2D eigenvalue weighted by molar-refractivity contribution is 5.95. The van der Waals surface area contributed by atoms with E-state index < -0.39 is 0 Å². The fourth-order valence-corrected chi connectivity index (χ4v) is 2.05. The molecule has 1 amide bonds. The van der Waals surface area contributed by atoms with Crippen molar-refractivity contribution in [3.05, 3.63) is 59.2 Å². The number of phenols is 2. The monoisotopic (exact) mass is 271 g/mol. The molecule has 4 nitrogen and oxygen atoms in total. The number of hydrogen-bond donors (Lipinski definition) is 2. The largest absolute Gasteiger partial charge is 0.508 e. The summed E-state index contributed by atoms with van der Waals surface area (Å²) in [6, 6.07) is 11.5. The molecular weight excluding hydrogens is 254 g/mol. The minimum atomic E-state index is -0.165. The number of carbonyl (C=O) groups is 1. The van der Waals surface area contributed by atoms with Gasteiger partial charge in [-0.25, -0.2) is 0 Å². The SMILES string of the molecule is Cc1ccc(O)cc1C(=O)N(C)Cc1cccc(O)c1. The van der Waals surface area contributed by atoms with E-state index in [2.05, 4.69) is 0 Å². The summed E-state index contributed by atoms with van der Waals surface area (Å²) in [7, 11) is 1.69. The molecule has 4 heteroatoms. The van der Waals surface area contributed by atoms with Gasteiger partial charge in [0.25, 0.3) is 5.91 Å². The lowest BCUT2D eigenvalue weighted by Gasteiger charge is -2.18. The Balaban J connectivity index is 2.18. The molecule has 20 heavy (non-hydrogen) atoms. The molecule has 104 valence electrons. The molecule has 0 aromatic heterocycles. The second-order valence-corrected chi connectivity index (χ2v) is 4.83. The van der Waals surface area contributed by atoms with E-state index in [9.17, 15) is 15.0 Å². The highest BCUT2D eigenvalue weighted by Gasteiger charge is 2.15. The Labute approximate surface area is 117 Å². The zero-order valence-corrected chi connectivity index (χ0v) is 11.5. The van der Waals surface area contributed by atoms with Crippen molar-refractivity contribution in [2.24, 2.45) is 0 Å². The van der Waals surface area contributed by atoms with Crippen molar-refractivity contribution in [2.75, 3.05) is 7.05 Å². The number of nitrogens with zero attached hydrogens (tertiary/aromatic N) is 1. The number of amides is 1. The van der Waals surface area contributed by atoms with E-state index in [1.54, 1.807) is 42.3 Å². The summed E-state index contributed by atoms with van der Waals surface area (Å²) in [5.74, 6) is 0.0864. The Morgan fingerprint density at radius 1 is 1.10 bits per heavy atom. The Kier molecular flexibility index (Phi) is 3.94. The van der Waals surface area contributed by atoms with Gasteiger partial charge in [0.1, 0.15) is 11.5 Å². The quantitative estimate of drug-likeness (QED) is 0.902. The third-order valence-electron chi connectivity index (χ3n) is 3.13. The van der Waals surface area contributed by atoms with Gasteiger partial charge in [0.15, 0.2) is 0 Å². The number of aryl methyl sites for hydroxylation is 1. The molecule has 2 aromatic rings. The van der Waals surface area contributed by atoms with E-state index in [0.29, 0.717) is 12.1 Å². The number of benzene rings is 2. The maximum Gasteiger partial charge on any atom is 0.254 e. The van der Waals surface area contributed by atoms with E-state index in [1.807, 2.05) is 13.0 Å². The van der Waals surface area contributed by atoms with Crippen LogP contribution in [0.3, 0.4) is 0 Å². The van der Waals surface area contributed by atoms with Gasteiger partial charge >= 0.3 is 0 Å². The minimum absolute atomic E-state index is 0.0738. The average molecular weight is 271 g/mol. The van der Waals surface area contributed by atoms with Crippen LogP contribution < -0.4 is 0 Å². The Hall–Kier alpha value is -2.49. The standard InChI is InChI=1S/C16H17NO3/c1-11-6-7-14(19)9-15(11)16(20)17(2)10-12-4-3-5-13(18)8-12/h3-9,18-19H,10H2,1-2H3. The smallest absolute Gasteiger partial charge is 0.254 e. The van der Waals surface area contributed by atoms with Gasteiger partial charge in [0, 0.05) is 19.2 Å². The van der Waals surface area contributed by atoms with Crippen molar-refractivity contribution in [3.63, 3.8) is 0 Å². The molecule has 0 spiro atoms. The number of aromatic hydroxyl groups is 2. The molecule has 2 N–H and O–H groups in total. The molecule has 0 saturated heterocycles. The normalized spacial score (nSPS) is 10.3. The van der Waals surface area contributed by atoms with Crippen LogP contribution in [0.15, 0.2) is 42.5 Å². The summed E-state index contributed by atoms with van der Waals surface area (Å²) in [6.45, 7) is 2.22. The van der Waals surface area contributed by atoms with E-state index in [0.717, 1.165) is 11.1 Å². The summed E-state index contributed by atoms with van der Waals surface area (Å²) in [4.78, 5) is 13.9. The lowest BCUT2D eigenvalue weighted by atomic mass is 10.1. The first-order valence-corrected chi connectivity index (χ1v) is 6.30. The van der Waals surface area contributed by atoms with Gasteiger partial charge in [-0.1, -0.05) is 18.2 Å². The topological polar surface area (TPSA) is 60.8 Å². The maximum atomic E-state index is 12.4. The molecule has 0 unspecified atom stereocenters. The van der Waals surface area contributed by atoms with Gasteiger partial charge in [-0.05, 0) is 42.3 Å². The molecular formula is C16H17NO3. The maximum absolute atomic E-state index is 12.4. The third-order valence-corrected chi connectivity index (χ3v) is 3.13. The number of rotatable bonds is 3. The van der Waals surface area contributed by atoms with Crippen LogP contribution in [-0.4, -0.2) is 28.1 Å². The highest BCUT2D eigenvalue weighted by atomic mass is 16.3. The summed E-state index contributed by atoms with van der Waals surface area (Å²) in [6.07, 6.45) is 0. The van der Waals surface area contributed by atoms with Crippen molar-refractivity contribution in [2.45, 2.75) is 13.5 Å². The molecule has 0 saturated carbocycles. The average Bonchev–Trinajstić information content (AvgIpc) is 2.40. The number of hydrogen-bond acceptors (Lipinski definition) is 3. The molecule has 0 heterocycles. The van der Waals surface area contributed by atoms with Crippen LogP contribution in [-0.2, 0) is 6.54 Å². The first-order valence-electron chi connectivity index (χ1n) is 6.30. The van der Waals surface area contributed by atoms with Gasteiger partial charge in [-0.2, -0.15) is 0 Å².